The molecular weight excluding hydrogens is 280 g/mol. The third kappa shape index (κ3) is 5.06. The van der Waals surface area contributed by atoms with E-state index in [1.54, 1.807) is 6.07 Å². The van der Waals surface area contributed by atoms with Crippen molar-refractivity contribution in [1.82, 2.24) is 4.90 Å². The third-order valence-corrected chi connectivity index (χ3v) is 3.15. The van der Waals surface area contributed by atoms with Crippen LogP contribution in [0.2, 0.25) is 0 Å². The molecule has 0 unspecified atom stereocenters. The highest BCUT2D eigenvalue weighted by Gasteiger charge is 2.08. The first-order valence-corrected chi connectivity index (χ1v) is 6.86. The van der Waals surface area contributed by atoms with E-state index in [-0.39, 0.29) is 0 Å². The van der Waals surface area contributed by atoms with Crippen LogP contribution < -0.4 is 5.73 Å². The summed E-state index contributed by atoms with van der Waals surface area (Å²) >= 11 is 3.43. The molecule has 0 spiro atoms. The number of phenols is 1. The van der Waals surface area contributed by atoms with E-state index < -0.39 is 0 Å². The molecule has 96 valence electrons. The normalized spacial score (nSPS) is 11.1. The standard InChI is InChI=1S/C13H21BrN2O/c1-2-7-16(8-3-6-15)10-11-9-12(14)4-5-13(11)17/h4-5,9,17H,2-3,6-8,10,15H2,1H3. The van der Waals surface area contributed by atoms with Crippen molar-refractivity contribution in [3.8, 4) is 5.75 Å². The van der Waals surface area contributed by atoms with Crippen LogP contribution in [0.3, 0.4) is 0 Å². The molecule has 0 atom stereocenters. The van der Waals surface area contributed by atoms with E-state index in [2.05, 4.69) is 27.8 Å². The Kier molecular flexibility index (Phi) is 6.55. The Bertz CT molecular complexity index is 344. The highest BCUT2D eigenvalue weighted by Crippen LogP contribution is 2.23. The molecule has 0 heterocycles. The van der Waals surface area contributed by atoms with Gasteiger partial charge in [-0.15, -0.1) is 0 Å². The number of phenolic OH excluding ortho intramolecular Hbond substituents is 1. The summed E-state index contributed by atoms with van der Waals surface area (Å²) in [5.41, 5.74) is 6.50. The number of benzene rings is 1. The van der Waals surface area contributed by atoms with Gasteiger partial charge in [0.2, 0.25) is 0 Å². The summed E-state index contributed by atoms with van der Waals surface area (Å²) in [4.78, 5) is 2.33. The summed E-state index contributed by atoms with van der Waals surface area (Å²) in [5, 5.41) is 9.81. The van der Waals surface area contributed by atoms with E-state index in [4.69, 9.17) is 5.73 Å². The van der Waals surface area contributed by atoms with Crippen LogP contribution in [-0.2, 0) is 6.54 Å². The van der Waals surface area contributed by atoms with Crippen LogP contribution in [0.15, 0.2) is 22.7 Å². The molecule has 0 saturated heterocycles. The van der Waals surface area contributed by atoms with Gasteiger partial charge in [-0.3, -0.25) is 4.90 Å². The van der Waals surface area contributed by atoms with Crippen molar-refractivity contribution >= 4 is 15.9 Å². The lowest BCUT2D eigenvalue weighted by Crippen LogP contribution is -2.26. The molecule has 0 saturated carbocycles. The first-order chi connectivity index (χ1) is 8.17. The van der Waals surface area contributed by atoms with Gasteiger partial charge in [-0.05, 0) is 50.7 Å². The van der Waals surface area contributed by atoms with Gasteiger partial charge in [-0.25, -0.2) is 0 Å². The van der Waals surface area contributed by atoms with Gasteiger partial charge in [0.15, 0.2) is 0 Å². The zero-order valence-corrected chi connectivity index (χ0v) is 11.9. The van der Waals surface area contributed by atoms with E-state index in [1.807, 2.05) is 12.1 Å². The molecule has 0 aromatic heterocycles. The van der Waals surface area contributed by atoms with E-state index in [0.717, 1.165) is 42.5 Å². The summed E-state index contributed by atoms with van der Waals surface area (Å²) in [7, 11) is 0. The highest BCUT2D eigenvalue weighted by atomic mass is 79.9. The Morgan fingerprint density at radius 3 is 2.76 bits per heavy atom. The summed E-state index contributed by atoms with van der Waals surface area (Å²) in [6, 6.07) is 5.55. The van der Waals surface area contributed by atoms with Crippen molar-refractivity contribution in [3.05, 3.63) is 28.2 Å². The lowest BCUT2D eigenvalue weighted by molar-refractivity contribution is 0.260. The van der Waals surface area contributed by atoms with Crippen LogP contribution in [-0.4, -0.2) is 29.6 Å². The number of hydrogen-bond donors (Lipinski definition) is 2. The number of halogens is 1. The Balaban J connectivity index is 2.67. The molecule has 0 bridgehead atoms. The molecule has 0 aliphatic heterocycles. The van der Waals surface area contributed by atoms with Crippen molar-refractivity contribution in [3.63, 3.8) is 0 Å². The number of aromatic hydroxyl groups is 1. The van der Waals surface area contributed by atoms with Gasteiger partial charge in [-0.1, -0.05) is 22.9 Å². The molecule has 3 N–H and O–H groups in total. The molecule has 3 nitrogen and oxygen atoms in total. The zero-order chi connectivity index (χ0) is 12.7. The molecule has 1 rings (SSSR count). The maximum atomic E-state index is 9.81. The fraction of sp³-hybridized carbons (Fsp3) is 0.538. The van der Waals surface area contributed by atoms with Crippen LogP contribution in [0.4, 0.5) is 0 Å². The molecule has 1 aromatic carbocycles. The van der Waals surface area contributed by atoms with E-state index >= 15 is 0 Å². The monoisotopic (exact) mass is 300 g/mol. The van der Waals surface area contributed by atoms with Crippen LogP contribution in [0.25, 0.3) is 0 Å². The van der Waals surface area contributed by atoms with Gasteiger partial charge in [0.1, 0.15) is 5.75 Å². The van der Waals surface area contributed by atoms with Crippen LogP contribution in [0.1, 0.15) is 25.3 Å². The third-order valence-electron chi connectivity index (χ3n) is 2.65. The van der Waals surface area contributed by atoms with Crippen LogP contribution >= 0.6 is 15.9 Å². The quantitative estimate of drug-likeness (QED) is 0.814. The van der Waals surface area contributed by atoms with Crippen molar-refractivity contribution in [2.75, 3.05) is 19.6 Å². The van der Waals surface area contributed by atoms with Crippen molar-refractivity contribution < 1.29 is 5.11 Å². The highest BCUT2D eigenvalue weighted by molar-refractivity contribution is 9.10. The average Bonchev–Trinajstić information content (AvgIpc) is 2.31. The van der Waals surface area contributed by atoms with Gasteiger partial charge in [0, 0.05) is 16.6 Å². The summed E-state index contributed by atoms with van der Waals surface area (Å²) in [6.07, 6.45) is 2.11. The second-order valence-corrected chi connectivity index (χ2v) is 5.11. The molecular formula is C13H21BrN2O. The first-order valence-electron chi connectivity index (χ1n) is 6.07. The predicted molar refractivity (Wildman–Crippen MR) is 75.0 cm³/mol. The zero-order valence-electron chi connectivity index (χ0n) is 10.3. The fourth-order valence-corrected chi connectivity index (χ4v) is 2.23. The van der Waals surface area contributed by atoms with Crippen LogP contribution in [0.5, 0.6) is 5.75 Å². The number of nitrogens with zero attached hydrogens (tertiary/aromatic N) is 1. The summed E-state index contributed by atoms with van der Waals surface area (Å²) < 4.78 is 1.00. The minimum absolute atomic E-state index is 0.363. The predicted octanol–water partition coefficient (Wildman–Crippen LogP) is 2.72. The van der Waals surface area contributed by atoms with Gasteiger partial charge < -0.3 is 10.8 Å². The van der Waals surface area contributed by atoms with E-state index in [1.165, 1.54) is 0 Å². The fourth-order valence-electron chi connectivity index (χ4n) is 1.82. The Labute approximate surface area is 112 Å². The van der Waals surface area contributed by atoms with E-state index in [9.17, 15) is 5.11 Å². The summed E-state index contributed by atoms with van der Waals surface area (Å²) in [6.45, 7) is 5.67. The Morgan fingerprint density at radius 2 is 2.12 bits per heavy atom. The largest absolute Gasteiger partial charge is 0.508 e. The second-order valence-electron chi connectivity index (χ2n) is 4.19. The molecule has 4 heteroatoms. The van der Waals surface area contributed by atoms with Gasteiger partial charge >= 0.3 is 0 Å². The molecule has 0 fully saturated rings. The lowest BCUT2D eigenvalue weighted by atomic mass is 10.2. The lowest BCUT2D eigenvalue weighted by Gasteiger charge is -2.22. The van der Waals surface area contributed by atoms with Crippen molar-refractivity contribution in [2.45, 2.75) is 26.3 Å². The van der Waals surface area contributed by atoms with Gasteiger partial charge in [0.05, 0.1) is 0 Å². The van der Waals surface area contributed by atoms with Crippen molar-refractivity contribution in [2.24, 2.45) is 5.73 Å². The van der Waals surface area contributed by atoms with Gasteiger partial charge in [-0.2, -0.15) is 0 Å². The average molecular weight is 301 g/mol. The minimum Gasteiger partial charge on any atom is -0.508 e. The SMILES string of the molecule is CCCN(CCCN)Cc1cc(Br)ccc1O. The Morgan fingerprint density at radius 1 is 1.35 bits per heavy atom. The van der Waals surface area contributed by atoms with E-state index in [0.29, 0.717) is 12.3 Å². The minimum atomic E-state index is 0.363. The molecule has 1 aromatic rings. The Hall–Kier alpha value is -0.580. The van der Waals surface area contributed by atoms with Crippen LogP contribution in [0, 0.1) is 0 Å². The maximum absolute atomic E-state index is 9.81. The molecule has 0 radical (unpaired) electrons. The number of nitrogens with two attached hydrogens (primary N) is 1. The maximum Gasteiger partial charge on any atom is 0.120 e. The van der Waals surface area contributed by atoms with Crippen molar-refractivity contribution in [1.29, 1.82) is 0 Å². The molecule has 17 heavy (non-hydrogen) atoms. The van der Waals surface area contributed by atoms with Gasteiger partial charge in [0.25, 0.3) is 0 Å². The molecule has 0 amide bonds. The summed E-state index contributed by atoms with van der Waals surface area (Å²) in [5.74, 6) is 0.363. The number of hydrogen-bond acceptors (Lipinski definition) is 3. The first kappa shape index (κ1) is 14.5. The topological polar surface area (TPSA) is 49.5 Å². The molecule has 0 aliphatic rings. The molecule has 0 aliphatic carbocycles. The number of rotatable bonds is 7. The smallest absolute Gasteiger partial charge is 0.120 e. The second kappa shape index (κ2) is 7.69.